The molecule has 0 bridgehead atoms. The first kappa shape index (κ1) is 14.1. The van der Waals surface area contributed by atoms with Crippen LogP contribution >= 0.6 is 11.6 Å². The first-order valence-corrected chi connectivity index (χ1v) is 6.88. The van der Waals surface area contributed by atoms with Crippen LogP contribution in [0.25, 0.3) is 11.0 Å². The van der Waals surface area contributed by atoms with Gasteiger partial charge in [-0.2, -0.15) is 0 Å². The Morgan fingerprint density at radius 2 is 2.05 bits per heavy atom. The molecule has 3 aromatic rings. The maximum atomic E-state index is 13.3. The summed E-state index contributed by atoms with van der Waals surface area (Å²) in [5.74, 6) is 5.95. The molecule has 0 amide bonds. The standard InChI is InChI=1S/C16H14ClFN2O/c1-9-3-2-4-12(15(9)17)16(20-19)14-8-10-7-11(18)5-6-13(10)21-14/h2-8,16,20H,19H2,1H3. The van der Waals surface area contributed by atoms with E-state index in [0.717, 1.165) is 11.1 Å². The third-order valence-corrected chi connectivity index (χ3v) is 4.00. The van der Waals surface area contributed by atoms with Gasteiger partial charge in [0.05, 0.1) is 0 Å². The molecule has 108 valence electrons. The fourth-order valence-corrected chi connectivity index (χ4v) is 2.63. The van der Waals surface area contributed by atoms with E-state index < -0.39 is 6.04 Å². The van der Waals surface area contributed by atoms with E-state index in [1.165, 1.54) is 12.1 Å². The van der Waals surface area contributed by atoms with Gasteiger partial charge in [-0.3, -0.25) is 5.84 Å². The summed E-state index contributed by atoms with van der Waals surface area (Å²) in [7, 11) is 0. The van der Waals surface area contributed by atoms with Crippen molar-refractivity contribution in [3.05, 3.63) is 70.2 Å². The van der Waals surface area contributed by atoms with Crippen molar-refractivity contribution in [2.24, 2.45) is 5.84 Å². The molecule has 1 unspecified atom stereocenters. The second kappa shape index (κ2) is 5.48. The van der Waals surface area contributed by atoms with Crippen molar-refractivity contribution in [1.82, 2.24) is 5.43 Å². The minimum Gasteiger partial charge on any atom is -0.459 e. The number of aryl methyl sites for hydroxylation is 1. The Hall–Kier alpha value is -1.88. The smallest absolute Gasteiger partial charge is 0.134 e. The van der Waals surface area contributed by atoms with E-state index in [1.54, 1.807) is 12.1 Å². The third kappa shape index (κ3) is 2.53. The van der Waals surface area contributed by atoms with Crippen LogP contribution in [0.5, 0.6) is 0 Å². The monoisotopic (exact) mass is 304 g/mol. The van der Waals surface area contributed by atoms with Crippen molar-refractivity contribution < 1.29 is 8.81 Å². The summed E-state index contributed by atoms with van der Waals surface area (Å²) < 4.78 is 19.0. The van der Waals surface area contributed by atoms with Crippen LogP contribution in [0.2, 0.25) is 5.02 Å². The van der Waals surface area contributed by atoms with Gasteiger partial charge in [-0.15, -0.1) is 0 Å². The number of furan rings is 1. The number of hydrogen-bond donors (Lipinski definition) is 2. The Morgan fingerprint density at radius 3 is 2.81 bits per heavy atom. The van der Waals surface area contributed by atoms with Gasteiger partial charge >= 0.3 is 0 Å². The molecule has 1 heterocycles. The van der Waals surface area contributed by atoms with Crippen LogP contribution in [0.15, 0.2) is 46.9 Å². The number of nitrogens with one attached hydrogen (secondary N) is 1. The zero-order chi connectivity index (χ0) is 15.0. The lowest BCUT2D eigenvalue weighted by molar-refractivity contribution is 0.477. The second-order valence-electron chi connectivity index (χ2n) is 4.91. The summed E-state index contributed by atoms with van der Waals surface area (Å²) in [6.45, 7) is 1.92. The Bertz CT molecular complexity index is 800. The first-order chi connectivity index (χ1) is 10.1. The molecule has 1 aromatic heterocycles. The van der Waals surface area contributed by atoms with Crippen molar-refractivity contribution >= 4 is 22.6 Å². The van der Waals surface area contributed by atoms with Crippen molar-refractivity contribution in [2.45, 2.75) is 13.0 Å². The Morgan fingerprint density at radius 1 is 1.24 bits per heavy atom. The van der Waals surface area contributed by atoms with Crippen molar-refractivity contribution in [2.75, 3.05) is 0 Å². The predicted octanol–water partition coefficient (Wildman–Crippen LogP) is 4.09. The average molecular weight is 305 g/mol. The SMILES string of the molecule is Cc1cccc(C(NN)c2cc3cc(F)ccc3o2)c1Cl. The second-order valence-corrected chi connectivity index (χ2v) is 5.29. The van der Waals surface area contributed by atoms with Gasteiger partial charge in [0, 0.05) is 10.4 Å². The molecule has 3 nitrogen and oxygen atoms in total. The number of nitrogens with two attached hydrogens (primary N) is 1. The summed E-state index contributed by atoms with van der Waals surface area (Å²) in [4.78, 5) is 0. The summed E-state index contributed by atoms with van der Waals surface area (Å²) in [5, 5.41) is 1.32. The molecular weight excluding hydrogens is 291 g/mol. The van der Waals surface area contributed by atoms with Gasteiger partial charge in [0.25, 0.3) is 0 Å². The molecule has 0 saturated carbocycles. The van der Waals surface area contributed by atoms with E-state index in [-0.39, 0.29) is 5.82 Å². The number of hydrogen-bond acceptors (Lipinski definition) is 3. The molecule has 0 aliphatic rings. The third-order valence-electron chi connectivity index (χ3n) is 3.48. The van der Waals surface area contributed by atoms with E-state index in [2.05, 4.69) is 5.43 Å². The maximum absolute atomic E-state index is 13.3. The van der Waals surface area contributed by atoms with E-state index in [0.29, 0.717) is 21.8 Å². The lowest BCUT2D eigenvalue weighted by atomic mass is 10.0. The maximum Gasteiger partial charge on any atom is 0.134 e. The Kier molecular flexibility index (Phi) is 3.68. The lowest BCUT2D eigenvalue weighted by Crippen LogP contribution is -2.28. The van der Waals surface area contributed by atoms with Crippen LogP contribution in [0.1, 0.15) is 22.9 Å². The van der Waals surface area contributed by atoms with Crippen molar-refractivity contribution in [3.63, 3.8) is 0 Å². The Balaban J connectivity index is 2.11. The normalized spacial score (nSPS) is 12.8. The summed E-state index contributed by atoms with van der Waals surface area (Å²) in [5.41, 5.74) is 5.09. The zero-order valence-corrected chi connectivity index (χ0v) is 12.1. The summed E-state index contributed by atoms with van der Waals surface area (Å²) in [6, 6.07) is 11.5. The Labute approximate surface area is 126 Å². The molecule has 0 radical (unpaired) electrons. The van der Waals surface area contributed by atoms with Gasteiger partial charge in [0.1, 0.15) is 23.2 Å². The number of halogens is 2. The quantitative estimate of drug-likeness (QED) is 0.566. The number of hydrazine groups is 1. The molecule has 3 rings (SSSR count). The summed E-state index contributed by atoms with van der Waals surface area (Å²) in [6.07, 6.45) is 0. The van der Waals surface area contributed by atoms with E-state index in [1.807, 2.05) is 25.1 Å². The topological polar surface area (TPSA) is 51.2 Å². The molecule has 0 spiro atoms. The van der Waals surface area contributed by atoms with Gasteiger partial charge in [0.15, 0.2) is 0 Å². The van der Waals surface area contributed by atoms with Gasteiger partial charge < -0.3 is 4.42 Å². The number of rotatable bonds is 3. The van der Waals surface area contributed by atoms with E-state index >= 15 is 0 Å². The van der Waals surface area contributed by atoms with Crippen LogP contribution in [0.4, 0.5) is 4.39 Å². The highest BCUT2D eigenvalue weighted by Crippen LogP contribution is 2.33. The van der Waals surface area contributed by atoms with Crippen LogP contribution < -0.4 is 11.3 Å². The minimum absolute atomic E-state index is 0.305. The molecule has 21 heavy (non-hydrogen) atoms. The minimum atomic E-state index is -0.395. The van der Waals surface area contributed by atoms with Crippen molar-refractivity contribution in [1.29, 1.82) is 0 Å². The fraction of sp³-hybridized carbons (Fsp3) is 0.125. The number of fused-ring (bicyclic) bond motifs is 1. The van der Waals surface area contributed by atoms with E-state index in [4.69, 9.17) is 21.9 Å². The van der Waals surface area contributed by atoms with Crippen LogP contribution in [0.3, 0.4) is 0 Å². The molecule has 0 saturated heterocycles. The highest BCUT2D eigenvalue weighted by molar-refractivity contribution is 6.32. The zero-order valence-electron chi connectivity index (χ0n) is 11.4. The molecule has 0 fully saturated rings. The molecule has 0 aliphatic heterocycles. The average Bonchev–Trinajstić information content (AvgIpc) is 2.87. The fourth-order valence-electron chi connectivity index (χ4n) is 2.40. The van der Waals surface area contributed by atoms with Crippen LogP contribution in [0, 0.1) is 12.7 Å². The molecule has 1 atom stereocenters. The van der Waals surface area contributed by atoms with Gasteiger partial charge in [0.2, 0.25) is 0 Å². The highest BCUT2D eigenvalue weighted by Gasteiger charge is 2.20. The highest BCUT2D eigenvalue weighted by atomic mass is 35.5. The largest absolute Gasteiger partial charge is 0.459 e. The lowest BCUT2D eigenvalue weighted by Gasteiger charge is -2.16. The van der Waals surface area contributed by atoms with Crippen LogP contribution in [-0.4, -0.2) is 0 Å². The molecule has 3 N–H and O–H groups in total. The van der Waals surface area contributed by atoms with Gasteiger partial charge in [-0.1, -0.05) is 29.8 Å². The predicted molar refractivity (Wildman–Crippen MR) is 81.5 cm³/mol. The number of benzene rings is 2. The van der Waals surface area contributed by atoms with Gasteiger partial charge in [-0.25, -0.2) is 9.82 Å². The molecular formula is C16H14ClFN2O. The molecule has 0 aliphatic carbocycles. The first-order valence-electron chi connectivity index (χ1n) is 6.50. The van der Waals surface area contributed by atoms with Crippen molar-refractivity contribution in [3.8, 4) is 0 Å². The molecule has 5 heteroatoms. The van der Waals surface area contributed by atoms with Crippen LogP contribution in [-0.2, 0) is 0 Å². The van der Waals surface area contributed by atoms with Gasteiger partial charge in [-0.05, 0) is 42.3 Å². The van der Waals surface area contributed by atoms with E-state index in [9.17, 15) is 4.39 Å². The summed E-state index contributed by atoms with van der Waals surface area (Å²) >= 11 is 6.34. The molecule has 2 aromatic carbocycles.